The van der Waals surface area contributed by atoms with Crippen LogP contribution in [0.3, 0.4) is 0 Å². The Kier molecular flexibility index (Phi) is 6.93. The van der Waals surface area contributed by atoms with Crippen LogP contribution in [0.5, 0.6) is 0 Å². The Morgan fingerprint density at radius 1 is 1.62 bits per heavy atom. The van der Waals surface area contributed by atoms with Crippen molar-refractivity contribution in [3.63, 3.8) is 0 Å². The molecule has 116 valence electrons. The molecule has 1 rings (SSSR count). The Bertz CT molecular complexity index is 450. The molecule has 4 N–H and O–H groups in total. The van der Waals surface area contributed by atoms with E-state index in [1.165, 1.54) is 11.1 Å². The number of anilines is 1. The minimum atomic E-state index is -1.12. The molecule has 0 aliphatic rings. The summed E-state index contributed by atoms with van der Waals surface area (Å²) >= 11 is 0. The van der Waals surface area contributed by atoms with Gasteiger partial charge in [0.1, 0.15) is 11.4 Å². The number of hydrogen-bond donors (Lipinski definition) is 3. The van der Waals surface area contributed by atoms with Crippen molar-refractivity contribution in [3.8, 4) is 0 Å². The molecule has 1 heterocycles. The van der Waals surface area contributed by atoms with Crippen LogP contribution in [0.1, 0.15) is 6.92 Å². The van der Waals surface area contributed by atoms with Gasteiger partial charge in [0.25, 0.3) is 0 Å². The summed E-state index contributed by atoms with van der Waals surface area (Å²) in [5.41, 5.74) is 4.92. The number of hydrogen-bond acceptors (Lipinski definition) is 6. The normalized spacial score (nSPS) is 13.5. The topological polar surface area (TPSA) is 104 Å². The second kappa shape index (κ2) is 8.46. The molecule has 1 amide bonds. The van der Waals surface area contributed by atoms with Crippen molar-refractivity contribution in [2.75, 3.05) is 38.3 Å². The van der Waals surface area contributed by atoms with E-state index >= 15 is 0 Å². The molecule has 1 aromatic heterocycles. The van der Waals surface area contributed by atoms with Gasteiger partial charge in [0.2, 0.25) is 5.91 Å². The van der Waals surface area contributed by atoms with Gasteiger partial charge in [-0.25, -0.2) is 4.98 Å². The summed E-state index contributed by atoms with van der Waals surface area (Å²) in [6.07, 6.45) is 2.90. The maximum absolute atomic E-state index is 12.4. The number of ether oxygens (including phenoxy) is 1. The molecule has 7 heteroatoms. The lowest BCUT2D eigenvalue weighted by atomic mass is 10.0. The van der Waals surface area contributed by atoms with Crippen LogP contribution in [-0.2, 0) is 9.53 Å². The molecule has 0 aliphatic carbocycles. The van der Waals surface area contributed by atoms with Crippen LogP contribution >= 0.6 is 0 Å². The zero-order valence-electron chi connectivity index (χ0n) is 12.5. The minimum Gasteiger partial charge on any atom is -0.378 e. The fourth-order valence-electron chi connectivity index (χ4n) is 1.70. The number of amides is 1. The molecule has 7 nitrogen and oxygen atoms in total. The van der Waals surface area contributed by atoms with Gasteiger partial charge >= 0.3 is 0 Å². The SMILES string of the molecule is CN(C(=O)[C@@](C)(N)COCCNCC=N)c1ccccn1. The number of rotatable bonds is 9. The highest BCUT2D eigenvalue weighted by Gasteiger charge is 2.32. The van der Waals surface area contributed by atoms with Gasteiger partial charge in [0.05, 0.1) is 13.2 Å². The van der Waals surface area contributed by atoms with E-state index < -0.39 is 5.54 Å². The predicted molar refractivity (Wildman–Crippen MR) is 82.7 cm³/mol. The average molecular weight is 293 g/mol. The monoisotopic (exact) mass is 293 g/mol. The number of nitrogens with two attached hydrogens (primary N) is 1. The second-order valence-electron chi connectivity index (χ2n) is 4.93. The van der Waals surface area contributed by atoms with Gasteiger partial charge in [-0.15, -0.1) is 0 Å². The second-order valence-corrected chi connectivity index (χ2v) is 4.93. The first-order chi connectivity index (χ1) is 9.99. The third-order valence-corrected chi connectivity index (χ3v) is 2.86. The molecule has 0 fully saturated rings. The summed E-state index contributed by atoms with van der Waals surface area (Å²) in [6, 6.07) is 5.34. The van der Waals surface area contributed by atoms with Crippen molar-refractivity contribution in [1.82, 2.24) is 10.3 Å². The van der Waals surface area contributed by atoms with Crippen LogP contribution in [0.2, 0.25) is 0 Å². The molecule has 21 heavy (non-hydrogen) atoms. The third-order valence-electron chi connectivity index (χ3n) is 2.86. The number of carbonyl (C=O) groups excluding carboxylic acids is 1. The van der Waals surface area contributed by atoms with Gasteiger partial charge in [-0.05, 0) is 19.1 Å². The summed E-state index contributed by atoms with van der Waals surface area (Å²) in [7, 11) is 1.64. The van der Waals surface area contributed by atoms with E-state index in [0.29, 0.717) is 25.5 Å². The molecule has 0 radical (unpaired) electrons. The largest absolute Gasteiger partial charge is 0.378 e. The lowest BCUT2D eigenvalue weighted by Crippen LogP contribution is -2.55. The molecule has 0 unspecified atom stereocenters. The molecule has 0 spiro atoms. The van der Waals surface area contributed by atoms with Crippen LogP contribution in [0.4, 0.5) is 5.82 Å². The highest BCUT2D eigenvalue weighted by atomic mass is 16.5. The summed E-state index contributed by atoms with van der Waals surface area (Å²) in [5, 5.41) is 9.85. The summed E-state index contributed by atoms with van der Waals surface area (Å²) < 4.78 is 5.42. The molecule has 0 aliphatic heterocycles. The van der Waals surface area contributed by atoms with Crippen LogP contribution in [0.25, 0.3) is 0 Å². The lowest BCUT2D eigenvalue weighted by molar-refractivity contribution is -0.125. The number of likely N-dealkylation sites (N-methyl/N-ethyl adjacent to an activating group) is 1. The summed E-state index contributed by atoms with van der Waals surface area (Å²) in [6.45, 7) is 3.30. The van der Waals surface area contributed by atoms with Gasteiger partial charge in [0.15, 0.2) is 0 Å². The average Bonchev–Trinajstić information content (AvgIpc) is 2.50. The van der Waals surface area contributed by atoms with Crippen LogP contribution in [0, 0.1) is 5.41 Å². The highest BCUT2D eigenvalue weighted by molar-refractivity contribution is 5.98. The third kappa shape index (κ3) is 5.58. The van der Waals surface area contributed by atoms with Crippen LogP contribution in [0.15, 0.2) is 24.4 Å². The van der Waals surface area contributed by atoms with Crippen molar-refractivity contribution >= 4 is 17.9 Å². The van der Waals surface area contributed by atoms with E-state index in [2.05, 4.69) is 10.3 Å². The molecular weight excluding hydrogens is 270 g/mol. The zero-order chi connectivity index (χ0) is 15.7. The van der Waals surface area contributed by atoms with Gasteiger partial charge in [-0.2, -0.15) is 0 Å². The van der Waals surface area contributed by atoms with Gasteiger partial charge in [-0.1, -0.05) is 6.07 Å². The number of pyridine rings is 1. The van der Waals surface area contributed by atoms with E-state index in [0.717, 1.165) is 0 Å². The van der Waals surface area contributed by atoms with Gasteiger partial charge in [0, 0.05) is 32.5 Å². The molecular formula is C14H23N5O2. The summed E-state index contributed by atoms with van der Waals surface area (Å²) in [5.74, 6) is 0.292. The Labute approximate surface area is 125 Å². The van der Waals surface area contributed by atoms with Crippen molar-refractivity contribution in [1.29, 1.82) is 5.41 Å². The van der Waals surface area contributed by atoms with Gasteiger partial charge < -0.3 is 21.2 Å². The molecule has 0 saturated carbocycles. The fourth-order valence-corrected chi connectivity index (χ4v) is 1.70. The number of aromatic nitrogens is 1. The van der Waals surface area contributed by atoms with E-state index in [9.17, 15) is 4.79 Å². The number of nitrogens with zero attached hydrogens (tertiary/aromatic N) is 2. The first-order valence-electron chi connectivity index (χ1n) is 6.74. The van der Waals surface area contributed by atoms with E-state index in [1.807, 2.05) is 6.07 Å². The first-order valence-corrected chi connectivity index (χ1v) is 6.74. The molecule has 1 aromatic rings. The number of nitrogens with one attached hydrogen (secondary N) is 2. The molecule has 0 bridgehead atoms. The molecule has 0 aromatic carbocycles. The van der Waals surface area contributed by atoms with Crippen LogP contribution < -0.4 is 16.0 Å². The zero-order valence-corrected chi connectivity index (χ0v) is 12.5. The Morgan fingerprint density at radius 2 is 2.38 bits per heavy atom. The Balaban J connectivity index is 2.45. The Morgan fingerprint density at radius 3 is 3.00 bits per heavy atom. The van der Waals surface area contributed by atoms with Crippen molar-refractivity contribution in [2.45, 2.75) is 12.5 Å². The van der Waals surface area contributed by atoms with Crippen molar-refractivity contribution in [3.05, 3.63) is 24.4 Å². The highest BCUT2D eigenvalue weighted by Crippen LogP contribution is 2.12. The summed E-state index contributed by atoms with van der Waals surface area (Å²) in [4.78, 5) is 17.9. The minimum absolute atomic E-state index is 0.120. The smallest absolute Gasteiger partial charge is 0.250 e. The first kappa shape index (κ1) is 17.2. The van der Waals surface area contributed by atoms with E-state index in [4.69, 9.17) is 15.9 Å². The van der Waals surface area contributed by atoms with Crippen molar-refractivity contribution in [2.24, 2.45) is 5.73 Å². The van der Waals surface area contributed by atoms with Crippen LogP contribution in [-0.4, -0.2) is 56.0 Å². The van der Waals surface area contributed by atoms with Crippen molar-refractivity contribution < 1.29 is 9.53 Å². The molecule has 1 atom stereocenters. The standard InChI is InChI=1S/C14H23N5O2/c1-14(16,11-21-10-9-17-8-6-15)13(20)19(2)12-5-3-4-7-18-12/h3-7,15,17H,8-11,16H2,1-2H3/t14-/m0/s1. The lowest BCUT2D eigenvalue weighted by Gasteiger charge is -2.28. The fraction of sp³-hybridized carbons (Fsp3) is 0.500. The van der Waals surface area contributed by atoms with E-state index in [-0.39, 0.29) is 12.5 Å². The Hall–Kier alpha value is -1.83. The predicted octanol–water partition coefficient (Wildman–Crippen LogP) is 0.0176. The number of carbonyl (C=O) groups is 1. The van der Waals surface area contributed by atoms with E-state index in [1.54, 1.807) is 32.3 Å². The quantitative estimate of drug-likeness (QED) is 0.440. The maximum atomic E-state index is 12.4. The maximum Gasteiger partial charge on any atom is 0.250 e. The molecule has 0 saturated heterocycles. The van der Waals surface area contributed by atoms with Gasteiger partial charge in [-0.3, -0.25) is 9.69 Å².